The molecule has 0 N–H and O–H groups in total. The van der Waals surface area contributed by atoms with Gasteiger partial charge in [-0.15, -0.1) is 0 Å². The van der Waals surface area contributed by atoms with Gasteiger partial charge in [0, 0.05) is 16.5 Å². The number of rotatable bonds is 3. The molecule has 0 radical (unpaired) electrons. The van der Waals surface area contributed by atoms with Crippen molar-refractivity contribution in [3.8, 4) is 6.07 Å². The monoisotopic (exact) mass is 218 g/mol. The van der Waals surface area contributed by atoms with Crippen molar-refractivity contribution in [2.45, 2.75) is 0 Å². The summed E-state index contributed by atoms with van der Waals surface area (Å²) < 4.78 is 0. The highest BCUT2D eigenvalue weighted by molar-refractivity contribution is 6.32. The minimum Gasteiger partial charge on any atom is -0.192 e. The largest absolute Gasteiger partial charge is 0.192 e. The Labute approximate surface area is 92.0 Å². The third-order valence-electron chi connectivity index (χ3n) is 1.67. The molecule has 0 amide bonds. The van der Waals surface area contributed by atoms with E-state index in [-0.39, 0.29) is 6.54 Å². The summed E-state index contributed by atoms with van der Waals surface area (Å²) in [4.78, 5) is 2.61. The number of hydrogen-bond donors (Lipinski definition) is 0. The van der Waals surface area contributed by atoms with Crippen molar-refractivity contribution in [2.24, 2.45) is 5.11 Å². The van der Waals surface area contributed by atoms with E-state index in [1.807, 2.05) is 6.07 Å². The van der Waals surface area contributed by atoms with E-state index >= 15 is 0 Å². The minimum atomic E-state index is 0.267. The summed E-state index contributed by atoms with van der Waals surface area (Å²) in [7, 11) is 0. The molecular formula is C10H7ClN4. The number of nitrogens with zero attached hydrogens (tertiary/aromatic N) is 4. The molecule has 0 aliphatic rings. The topological polar surface area (TPSA) is 72.5 Å². The van der Waals surface area contributed by atoms with Gasteiger partial charge in [-0.2, -0.15) is 5.26 Å². The lowest BCUT2D eigenvalue weighted by Gasteiger charge is -1.97. The molecule has 4 nitrogen and oxygen atoms in total. The molecule has 0 atom stereocenters. The second-order valence-electron chi connectivity index (χ2n) is 2.66. The Morgan fingerprint density at radius 2 is 2.40 bits per heavy atom. The average Bonchev–Trinajstić information content (AvgIpc) is 2.26. The van der Waals surface area contributed by atoms with Gasteiger partial charge in [-0.05, 0) is 29.3 Å². The van der Waals surface area contributed by atoms with Crippen molar-refractivity contribution in [1.29, 1.82) is 5.26 Å². The predicted octanol–water partition coefficient (Wildman–Crippen LogP) is 3.54. The molecule has 5 heteroatoms. The van der Waals surface area contributed by atoms with Crippen LogP contribution in [-0.2, 0) is 0 Å². The normalized spacial score (nSPS) is 9.60. The molecule has 1 aromatic rings. The lowest BCUT2D eigenvalue weighted by molar-refractivity contribution is 1.22. The van der Waals surface area contributed by atoms with Gasteiger partial charge < -0.3 is 0 Å². The van der Waals surface area contributed by atoms with Crippen LogP contribution in [0.25, 0.3) is 16.5 Å². The Morgan fingerprint density at radius 1 is 1.60 bits per heavy atom. The van der Waals surface area contributed by atoms with E-state index < -0.39 is 0 Å². The molecule has 0 bridgehead atoms. The van der Waals surface area contributed by atoms with Crippen LogP contribution >= 0.6 is 11.6 Å². The minimum absolute atomic E-state index is 0.267. The van der Waals surface area contributed by atoms with Gasteiger partial charge in [0.2, 0.25) is 0 Å². The standard InChI is InChI=1S/C10H7ClN4/c11-10-4-3-8(7-12)6-9(10)2-1-5-14-15-13/h1-4,6H,5H2. The Hall–Kier alpha value is -1.95. The highest BCUT2D eigenvalue weighted by atomic mass is 35.5. The third-order valence-corrected chi connectivity index (χ3v) is 2.02. The van der Waals surface area contributed by atoms with Crippen LogP contribution in [0, 0.1) is 11.3 Å². The van der Waals surface area contributed by atoms with Gasteiger partial charge >= 0.3 is 0 Å². The van der Waals surface area contributed by atoms with Crippen LogP contribution in [-0.4, -0.2) is 6.54 Å². The van der Waals surface area contributed by atoms with Gasteiger partial charge in [0.05, 0.1) is 11.6 Å². The lowest BCUT2D eigenvalue weighted by atomic mass is 10.1. The zero-order chi connectivity index (χ0) is 11.1. The molecule has 0 saturated carbocycles. The van der Waals surface area contributed by atoms with Crippen LogP contribution in [0.2, 0.25) is 5.02 Å². The SMILES string of the molecule is N#Cc1ccc(Cl)c(C=CCN=[N+]=[N-])c1. The first-order valence-corrected chi connectivity index (χ1v) is 4.53. The fourth-order valence-corrected chi connectivity index (χ4v) is 1.18. The first-order chi connectivity index (χ1) is 7.27. The summed E-state index contributed by atoms with van der Waals surface area (Å²) in [5.41, 5.74) is 9.34. The maximum atomic E-state index is 8.68. The van der Waals surface area contributed by atoms with Crippen molar-refractivity contribution < 1.29 is 0 Å². The Kier molecular flexibility index (Phi) is 4.24. The van der Waals surface area contributed by atoms with E-state index in [1.54, 1.807) is 30.4 Å². The molecule has 15 heavy (non-hydrogen) atoms. The van der Waals surface area contributed by atoms with Crippen molar-refractivity contribution in [1.82, 2.24) is 0 Å². The zero-order valence-electron chi connectivity index (χ0n) is 7.76. The van der Waals surface area contributed by atoms with E-state index in [9.17, 15) is 0 Å². The second kappa shape index (κ2) is 5.71. The number of halogens is 1. The predicted molar refractivity (Wildman–Crippen MR) is 59.2 cm³/mol. The summed E-state index contributed by atoms with van der Waals surface area (Å²) in [5.74, 6) is 0. The lowest BCUT2D eigenvalue weighted by Crippen LogP contribution is -1.79. The van der Waals surface area contributed by atoms with Gasteiger partial charge in [-0.3, -0.25) is 0 Å². The highest BCUT2D eigenvalue weighted by Gasteiger charge is 1.97. The van der Waals surface area contributed by atoms with Gasteiger partial charge in [0.15, 0.2) is 0 Å². The highest BCUT2D eigenvalue weighted by Crippen LogP contribution is 2.18. The van der Waals surface area contributed by atoms with E-state index in [2.05, 4.69) is 10.0 Å². The van der Waals surface area contributed by atoms with E-state index in [4.69, 9.17) is 22.4 Å². The van der Waals surface area contributed by atoms with Crippen LogP contribution in [0.15, 0.2) is 29.4 Å². The molecular weight excluding hydrogens is 212 g/mol. The summed E-state index contributed by atoms with van der Waals surface area (Å²) in [5, 5.41) is 12.6. The van der Waals surface area contributed by atoms with Crippen molar-refractivity contribution >= 4 is 17.7 Å². The number of benzene rings is 1. The smallest absolute Gasteiger partial charge is 0.0991 e. The summed E-state index contributed by atoms with van der Waals surface area (Å²) in [6.07, 6.45) is 3.40. The van der Waals surface area contributed by atoms with Crippen molar-refractivity contribution in [2.75, 3.05) is 6.54 Å². The molecule has 0 aliphatic heterocycles. The van der Waals surface area contributed by atoms with Crippen LogP contribution in [0.1, 0.15) is 11.1 Å². The second-order valence-corrected chi connectivity index (χ2v) is 3.07. The molecule has 74 valence electrons. The third kappa shape index (κ3) is 3.35. The average molecular weight is 219 g/mol. The first-order valence-electron chi connectivity index (χ1n) is 4.15. The van der Waals surface area contributed by atoms with Crippen LogP contribution < -0.4 is 0 Å². The molecule has 0 fully saturated rings. The van der Waals surface area contributed by atoms with Crippen LogP contribution in [0.5, 0.6) is 0 Å². The molecule has 0 heterocycles. The maximum absolute atomic E-state index is 8.68. The first kappa shape index (κ1) is 11.1. The molecule has 0 unspecified atom stereocenters. The zero-order valence-corrected chi connectivity index (χ0v) is 8.52. The van der Waals surface area contributed by atoms with Crippen molar-refractivity contribution in [3.05, 3.63) is 50.9 Å². The van der Waals surface area contributed by atoms with Crippen LogP contribution in [0.3, 0.4) is 0 Å². The molecule has 1 rings (SSSR count). The Balaban J connectivity index is 2.89. The molecule has 0 aromatic heterocycles. The van der Waals surface area contributed by atoms with Crippen LogP contribution in [0.4, 0.5) is 0 Å². The molecule has 0 saturated heterocycles. The Morgan fingerprint density at radius 3 is 3.07 bits per heavy atom. The fourth-order valence-electron chi connectivity index (χ4n) is 1.00. The summed E-state index contributed by atoms with van der Waals surface area (Å²) in [6.45, 7) is 0.267. The van der Waals surface area contributed by atoms with Gasteiger partial charge in [0.1, 0.15) is 0 Å². The molecule has 0 spiro atoms. The van der Waals surface area contributed by atoms with Gasteiger partial charge in [0.25, 0.3) is 0 Å². The fraction of sp³-hybridized carbons (Fsp3) is 0.100. The Bertz CT molecular complexity index is 467. The van der Waals surface area contributed by atoms with E-state index in [1.165, 1.54) is 0 Å². The number of hydrogen-bond acceptors (Lipinski definition) is 2. The summed E-state index contributed by atoms with van der Waals surface area (Å²) >= 11 is 5.90. The van der Waals surface area contributed by atoms with Gasteiger partial charge in [-0.25, -0.2) is 0 Å². The number of nitriles is 1. The quantitative estimate of drug-likeness (QED) is 0.434. The van der Waals surface area contributed by atoms with E-state index in [0.717, 1.165) is 5.56 Å². The van der Waals surface area contributed by atoms with E-state index in [0.29, 0.717) is 10.6 Å². The molecule has 0 aliphatic carbocycles. The van der Waals surface area contributed by atoms with Crippen molar-refractivity contribution in [3.63, 3.8) is 0 Å². The molecule has 1 aromatic carbocycles. The maximum Gasteiger partial charge on any atom is 0.0991 e. The van der Waals surface area contributed by atoms with Gasteiger partial charge in [-0.1, -0.05) is 28.9 Å². The number of azide groups is 1. The summed E-state index contributed by atoms with van der Waals surface area (Å²) in [6, 6.07) is 7.00.